The first kappa shape index (κ1) is 16.4. The lowest BCUT2D eigenvalue weighted by molar-refractivity contribution is -0.123. The quantitative estimate of drug-likeness (QED) is 0.504. The number of rotatable bonds is 3. The summed E-state index contributed by atoms with van der Waals surface area (Å²) >= 11 is 10.2. The van der Waals surface area contributed by atoms with Gasteiger partial charge in [-0.1, -0.05) is 82.4 Å². The molecule has 0 aromatic heterocycles. The second-order valence-electron chi connectivity index (χ2n) is 5.19. The summed E-state index contributed by atoms with van der Waals surface area (Å²) in [5, 5.41) is 0. The molecule has 0 spiro atoms. The van der Waals surface area contributed by atoms with Crippen LogP contribution in [0.2, 0.25) is 0 Å². The molecule has 1 atom stereocenters. The van der Waals surface area contributed by atoms with Crippen molar-refractivity contribution in [1.82, 2.24) is 4.90 Å². The maximum absolute atomic E-state index is 12.8. The first-order chi connectivity index (χ1) is 11.1. The van der Waals surface area contributed by atoms with E-state index in [-0.39, 0.29) is 11.9 Å². The summed E-state index contributed by atoms with van der Waals surface area (Å²) in [5.74, 6) is -0.0312. The molecule has 1 aliphatic rings. The molecule has 23 heavy (non-hydrogen) atoms. The van der Waals surface area contributed by atoms with Crippen LogP contribution >= 0.6 is 39.9 Å². The van der Waals surface area contributed by atoms with Crippen molar-refractivity contribution < 1.29 is 4.79 Å². The third-order valence-electron chi connectivity index (χ3n) is 3.64. The molecule has 0 N–H and O–H groups in total. The van der Waals surface area contributed by atoms with Crippen molar-refractivity contribution in [3.05, 3.63) is 75.1 Å². The van der Waals surface area contributed by atoms with Gasteiger partial charge in [0.25, 0.3) is 5.91 Å². The fourth-order valence-corrected chi connectivity index (χ4v) is 4.28. The fourth-order valence-electron chi connectivity index (χ4n) is 2.44. The lowest BCUT2D eigenvalue weighted by Crippen LogP contribution is -2.30. The van der Waals surface area contributed by atoms with Crippen LogP contribution in [0.4, 0.5) is 0 Å². The Bertz CT molecular complexity index is 789. The van der Waals surface area contributed by atoms with Gasteiger partial charge in [-0.05, 0) is 36.3 Å². The van der Waals surface area contributed by atoms with E-state index in [2.05, 4.69) is 15.9 Å². The van der Waals surface area contributed by atoms with E-state index in [1.165, 1.54) is 11.8 Å². The van der Waals surface area contributed by atoms with Crippen molar-refractivity contribution in [2.24, 2.45) is 0 Å². The number of thiocarbonyl (C=S) groups is 1. The highest BCUT2D eigenvalue weighted by Crippen LogP contribution is 2.38. The maximum Gasteiger partial charge on any atom is 0.266 e. The highest BCUT2D eigenvalue weighted by atomic mass is 79.9. The third kappa shape index (κ3) is 3.57. The van der Waals surface area contributed by atoms with Crippen LogP contribution in [-0.4, -0.2) is 15.1 Å². The molecule has 0 aliphatic carbocycles. The standard InChI is InChI=1S/C18H14BrNOS2/c1-12(14-7-3-2-4-8-14)20-17(21)16(23-18(20)22)11-13-6-5-9-15(19)10-13/h2-12H,1H3/b16-11-/t12-/m0/s1. The van der Waals surface area contributed by atoms with Gasteiger partial charge in [-0.15, -0.1) is 0 Å². The number of carbonyl (C=O) groups excluding carboxylic acids is 1. The highest BCUT2D eigenvalue weighted by Gasteiger charge is 2.35. The van der Waals surface area contributed by atoms with Gasteiger partial charge >= 0.3 is 0 Å². The molecular weight excluding hydrogens is 390 g/mol. The van der Waals surface area contributed by atoms with Gasteiger partial charge in [0, 0.05) is 4.47 Å². The van der Waals surface area contributed by atoms with Crippen molar-refractivity contribution in [3.63, 3.8) is 0 Å². The summed E-state index contributed by atoms with van der Waals surface area (Å²) in [6.45, 7) is 2.00. The molecule has 0 unspecified atom stereocenters. The number of amides is 1. The van der Waals surface area contributed by atoms with Crippen molar-refractivity contribution >= 4 is 56.2 Å². The number of hydrogen-bond acceptors (Lipinski definition) is 3. The van der Waals surface area contributed by atoms with Gasteiger partial charge in [0.15, 0.2) is 0 Å². The van der Waals surface area contributed by atoms with Gasteiger partial charge < -0.3 is 0 Å². The van der Waals surface area contributed by atoms with Crippen LogP contribution < -0.4 is 0 Å². The molecule has 116 valence electrons. The largest absolute Gasteiger partial charge is 0.286 e. The fraction of sp³-hybridized carbons (Fsp3) is 0.111. The van der Waals surface area contributed by atoms with Crippen LogP contribution in [0.15, 0.2) is 64.0 Å². The van der Waals surface area contributed by atoms with Crippen LogP contribution in [0.1, 0.15) is 24.1 Å². The lowest BCUT2D eigenvalue weighted by Gasteiger charge is -2.23. The second kappa shape index (κ2) is 6.99. The van der Waals surface area contributed by atoms with E-state index in [0.29, 0.717) is 9.23 Å². The maximum atomic E-state index is 12.8. The Labute approximate surface area is 153 Å². The molecule has 0 saturated carbocycles. The Morgan fingerprint density at radius 1 is 1.17 bits per heavy atom. The van der Waals surface area contributed by atoms with Crippen LogP contribution in [0.3, 0.4) is 0 Å². The Kier molecular flexibility index (Phi) is 4.99. The number of halogens is 1. The second-order valence-corrected chi connectivity index (χ2v) is 7.78. The van der Waals surface area contributed by atoms with E-state index in [1.54, 1.807) is 4.90 Å². The molecule has 2 aromatic rings. The van der Waals surface area contributed by atoms with Crippen LogP contribution in [-0.2, 0) is 4.79 Å². The van der Waals surface area contributed by atoms with Gasteiger partial charge in [0.05, 0.1) is 10.9 Å². The number of carbonyl (C=O) groups is 1. The minimum Gasteiger partial charge on any atom is -0.286 e. The molecule has 5 heteroatoms. The number of hydrogen-bond donors (Lipinski definition) is 0. The Hall–Kier alpha value is -1.43. The normalized spacial score (nSPS) is 17.8. The molecule has 0 radical (unpaired) electrons. The molecule has 1 heterocycles. The van der Waals surface area contributed by atoms with Crippen molar-refractivity contribution in [2.45, 2.75) is 13.0 Å². The first-order valence-electron chi connectivity index (χ1n) is 7.14. The van der Waals surface area contributed by atoms with Gasteiger partial charge in [-0.3, -0.25) is 9.69 Å². The predicted octanol–water partition coefficient (Wildman–Crippen LogP) is 5.41. The number of benzene rings is 2. The predicted molar refractivity (Wildman–Crippen MR) is 104 cm³/mol. The lowest BCUT2D eigenvalue weighted by atomic mass is 10.1. The van der Waals surface area contributed by atoms with E-state index in [9.17, 15) is 4.79 Å². The van der Waals surface area contributed by atoms with E-state index < -0.39 is 0 Å². The van der Waals surface area contributed by atoms with E-state index >= 15 is 0 Å². The highest BCUT2D eigenvalue weighted by molar-refractivity contribution is 9.10. The average molecular weight is 404 g/mol. The van der Waals surface area contributed by atoms with Gasteiger partial charge in [0.2, 0.25) is 0 Å². The number of thioether (sulfide) groups is 1. The van der Waals surface area contributed by atoms with Gasteiger partial charge in [0.1, 0.15) is 4.32 Å². The van der Waals surface area contributed by atoms with E-state index in [4.69, 9.17) is 12.2 Å². The molecule has 0 bridgehead atoms. The monoisotopic (exact) mass is 403 g/mol. The third-order valence-corrected chi connectivity index (χ3v) is 5.46. The zero-order chi connectivity index (χ0) is 16.4. The summed E-state index contributed by atoms with van der Waals surface area (Å²) in [6.07, 6.45) is 1.89. The summed E-state index contributed by atoms with van der Waals surface area (Å²) < 4.78 is 1.59. The first-order valence-corrected chi connectivity index (χ1v) is 9.15. The van der Waals surface area contributed by atoms with Crippen molar-refractivity contribution in [2.75, 3.05) is 0 Å². The topological polar surface area (TPSA) is 20.3 Å². The zero-order valence-electron chi connectivity index (χ0n) is 12.4. The molecule has 1 saturated heterocycles. The Morgan fingerprint density at radius 3 is 2.61 bits per heavy atom. The van der Waals surface area contributed by atoms with Crippen LogP contribution in [0, 0.1) is 0 Å². The van der Waals surface area contributed by atoms with Crippen LogP contribution in [0.5, 0.6) is 0 Å². The van der Waals surface area contributed by atoms with Gasteiger partial charge in [-0.2, -0.15) is 0 Å². The molecule has 1 amide bonds. The summed E-state index contributed by atoms with van der Waals surface area (Å²) in [6, 6.07) is 17.7. The van der Waals surface area contributed by atoms with Crippen LogP contribution in [0.25, 0.3) is 6.08 Å². The molecule has 2 aromatic carbocycles. The SMILES string of the molecule is C[C@@H](c1ccccc1)N1C(=O)/C(=C/c2cccc(Br)c2)SC1=S. The van der Waals surface area contributed by atoms with E-state index in [0.717, 1.165) is 15.6 Å². The summed E-state index contributed by atoms with van der Waals surface area (Å²) in [4.78, 5) is 15.1. The summed E-state index contributed by atoms with van der Waals surface area (Å²) in [5.41, 5.74) is 2.06. The smallest absolute Gasteiger partial charge is 0.266 e. The Morgan fingerprint density at radius 2 is 1.91 bits per heavy atom. The number of nitrogens with zero attached hydrogens (tertiary/aromatic N) is 1. The average Bonchev–Trinajstić information content (AvgIpc) is 2.81. The summed E-state index contributed by atoms with van der Waals surface area (Å²) in [7, 11) is 0. The van der Waals surface area contributed by atoms with Gasteiger partial charge in [-0.25, -0.2) is 0 Å². The molecule has 1 fully saturated rings. The minimum atomic E-state index is -0.0721. The van der Waals surface area contributed by atoms with Crippen molar-refractivity contribution in [3.8, 4) is 0 Å². The molecule has 2 nitrogen and oxygen atoms in total. The zero-order valence-corrected chi connectivity index (χ0v) is 15.6. The Balaban J connectivity index is 1.88. The molecule has 3 rings (SSSR count). The molecular formula is C18H14BrNOS2. The minimum absolute atomic E-state index is 0.0312. The van der Waals surface area contributed by atoms with E-state index in [1.807, 2.05) is 67.6 Å². The molecule has 1 aliphatic heterocycles. The van der Waals surface area contributed by atoms with Crippen molar-refractivity contribution in [1.29, 1.82) is 0 Å².